The lowest BCUT2D eigenvalue weighted by Gasteiger charge is -2.36. The van der Waals surface area contributed by atoms with Gasteiger partial charge in [0.2, 0.25) is 0 Å². The number of benzene rings is 1. The molecule has 19 heavy (non-hydrogen) atoms. The number of hydrogen-bond acceptors (Lipinski definition) is 3. The Balaban J connectivity index is 1.92. The number of ether oxygens (including phenoxy) is 1. The Hall–Kier alpha value is -1.06. The van der Waals surface area contributed by atoms with Crippen LogP contribution in [0.2, 0.25) is 5.02 Å². The van der Waals surface area contributed by atoms with Gasteiger partial charge in [0.05, 0.1) is 13.0 Å². The van der Waals surface area contributed by atoms with E-state index in [1.807, 2.05) is 24.3 Å². The molecule has 0 amide bonds. The molecule has 4 atom stereocenters. The molecule has 1 aromatic carbocycles. The van der Waals surface area contributed by atoms with Gasteiger partial charge in [-0.2, -0.15) is 0 Å². The van der Waals surface area contributed by atoms with Crippen molar-refractivity contribution in [3.63, 3.8) is 0 Å². The van der Waals surface area contributed by atoms with Gasteiger partial charge in [0, 0.05) is 23.0 Å². The van der Waals surface area contributed by atoms with Crippen LogP contribution in [-0.2, 0) is 9.53 Å². The molecular weight excluding hydrogens is 262 g/mol. The number of carbonyl (C=O) groups excluding carboxylic acids is 1. The summed E-state index contributed by atoms with van der Waals surface area (Å²) in [5, 5.41) is 4.27. The molecule has 2 aliphatic rings. The van der Waals surface area contributed by atoms with Crippen LogP contribution in [0, 0.1) is 5.92 Å². The Bertz CT molecular complexity index is 474. The van der Waals surface area contributed by atoms with Crippen LogP contribution in [0.4, 0.5) is 0 Å². The summed E-state index contributed by atoms with van der Waals surface area (Å²) in [5.74, 6) is 0.0613. The highest BCUT2D eigenvalue weighted by Crippen LogP contribution is 2.42. The van der Waals surface area contributed by atoms with Crippen molar-refractivity contribution in [2.75, 3.05) is 7.11 Å². The van der Waals surface area contributed by atoms with E-state index in [2.05, 4.69) is 5.32 Å². The highest BCUT2D eigenvalue weighted by atomic mass is 35.5. The summed E-state index contributed by atoms with van der Waals surface area (Å²) in [7, 11) is 1.47. The van der Waals surface area contributed by atoms with E-state index in [0.29, 0.717) is 6.04 Å². The summed E-state index contributed by atoms with van der Waals surface area (Å²) in [4.78, 5) is 12.1. The van der Waals surface area contributed by atoms with E-state index in [1.165, 1.54) is 12.7 Å². The Morgan fingerprint density at radius 1 is 1.32 bits per heavy atom. The summed E-state index contributed by atoms with van der Waals surface area (Å²) in [6.45, 7) is 0. The van der Waals surface area contributed by atoms with E-state index >= 15 is 0 Å². The number of halogens is 1. The highest BCUT2D eigenvalue weighted by Gasteiger charge is 2.46. The van der Waals surface area contributed by atoms with Crippen LogP contribution < -0.4 is 5.32 Å². The normalized spacial score (nSPS) is 33.2. The third kappa shape index (κ3) is 2.37. The van der Waals surface area contributed by atoms with E-state index in [4.69, 9.17) is 16.3 Å². The van der Waals surface area contributed by atoms with Crippen LogP contribution in [0.5, 0.6) is 0 Å². The van der Waals surface area contributed by atoms with Crippen LogP contribution in [0.3, 0.4) is 0 Å². The zero-order valence-corrected chi connectivity index (χ0v) is 11.7. The second-order valence-electron chi connectivity index (χ2n) is 5.49. The quantitative estimate of drug-likeness (QED) is 0.846. The smallest absolute Gasteiger partial charge is 0.310 e. The third-order valence-electron chi connectivity index (χ3n) is 4.45. The predicted molar refractivity (Wildman–Crippen MR) is 74.3 cm³/mol. The summed E-state index contributed by atoms with van der Waals surface area (Å²) in [5.41, 5.74) is 1.19. The molecule has 3 nitrogen and oxygen atoms in total. The van der Waals surface area contributed by atoms with Crippen molar-refractivity contribution >= 4 is 17.6 Å². The Morgan fingerprint density at radius 3 is 2.74 bits per heavy atom. The molecule has 0 aliphatic carbocycles. The second-order valence-corrected chi connectivity index (χ2v) is 5.93. The molecule has 2 fully saturated rings. The molecule has 3 rings (SSSR count). The molecule has 2 unspecified atom stereocenters. The fraction of sp³-hybridized carbons (Fsp3) is 0.533. The minimum absolute atomic E-state index is 0.0788. The van der Waals surface area contributed by atoms with Gasteiger partial charge in [-0.1, -0.05) is 23.7 Å². The maximum Gasteiger partial charge on any atom is 0.310 e. The molecule has 0 radical (unpaired) electrons. The molecule has 2 aliphatic heterocycles. The number of hydrogen-bond donors (Lipinski definition) is 1. The van der Waals surface area contributed by atoms with Gasteiger partial charge in [0.25, 0.3) is 0 Å². The first kappa shape index (κ1) is 12.9. The van der Waals surface area contributed by atoms with Crippen LogP contribution in [-0.4, -0.2) is 25.2 Å². The average Bonchev–Trinajstić information content (AvgIpc) is 2.80. The number of piperidine rings is 1. The number of methoxy groups -OCH3 is 1. The fourth-order valence-electron chi connectivity index (χ4n) is 3.57. The molecule has 1 aromatic rings. The zero-order chi connectivity index (χ0) is 13.4. The number of fused-ring (bicyclic) bond motifs is 2. The summed E-state index contributed by atoms with van der Waals surface area (Å²) >= 11 is 5.94. The zero-order valence-electron chi connectivity index (χ0n) is 10.9. The lowest BCUT2D eigenvalue weighted by Crippen LogP contribution is -2.48. The minimum Gasteiger partial charge on any atom is -0.469 e. The van der Waals surface area contributed by atoms with Crippen LogP contribution in [0.1, 0.15) is 30.7 Å². The summed E-state index contributed by atoms with van der Waals surface area (Å²) in [6.07, 6.45) is 3.22. The van der Waals surface area contributed by atoms with Crippen molar-refractivity contribution in [1.29, 1.82) is 0 Å². The first-order chi connectivity index (χ1) is 9.19. The summed E-state index contributed by atoms with van der Waals surface area (Å²) < 4.78 is 5.01. The number of carbonyl (C=O) groups is 1. The van der Waals surface area contributed by atoms with Crippen molar-refractivity contribution in [3.8, 4) is 0 Å². The highest BCUT2D eigenvalue weighted by molar-refractivity contribution is 6.30. The van der Waals surface area contributed by atoms with Crippen LogP contribution >= 0.6 is 11.6 Å². The van der Waals surface area contributed by atoms with E-state index in [-0.39, 0.29) is 23.8 Å². The molecule has 4 heteroatoms. The summed E-state index contributed by atoms with van der Waals surface area (Å²) in [6, 6.07) is 8.66. The molecule has 0 spiro atoms. The van der Waals surface area contributed by atoms with Crippen LogP contribution in [0.15, 0.2) is 24.3 Å². The lowest BCUT2D eigenvalue weighted by atomic mass is 9.77. The van der Waals surface area contributed by atoms with Gasteiger partial charge in [-0.15, -0.1) is 0 Å². The van der Waals surface area contributed by atoms with Gasteiger partial charge in [0.15, 0.2) is 0 Å². The van der Waals surface area contributed by atoms with Crippen molar-refractivity contribution in [2.45, 2.75) is 37.3 Å². The maximum absolute atomic E-state index is 12.1. The fourth-order valence-corrected chi connectivity index (χ4v) is 3.70. The minimum atomic E-state index is -0.0993. The van der Waals surface area contributed by atoms with E-state index < -0.39 is 0 Å². The van der Waals surface area contributed by atoms with Crippen molar-refractivity contribution in [3.05, 3.63) is 34.9 Å². The largest absolute Gasteiger partial charge is 0.469 e. The molecule has 102 valence electrons. The lowest BCUT2D eigenvalue weighted by molar-refractivity contribution is -0.148. The predicted octanol–water partition coefficient (Wildman–Crippen LogP) is 2.74. The third-order valence-corrected chi connectivity index (χ3v) is 4.70. The van der Waals surface area contributed by atoms with Gasteiger partial charge < -0.3 is 10.1 Å². The average molecular weight is 280 g/mol. The number of esters is 1. The van der Waals surface area contributed by atoms with Crippen molar-refractivity contribution in [1.82, 2.24) is 5.32 Å². The standard InChI is InChI=1S/C15H18ClNO2/c1-19-15(18)14-12(8-11-6-7-13(14)17-11)9-2-4-10(16)5-3-9/h2-5,11-14,17H,6-8H2,1H3/t11?,12-,13-,14?/m1/s1. The molecular formula is C15H18ClNO2. The molecule has 2 saturated heterocycles. The van der Waals surface area contributed by atoms with E-state index in [0.717, 1.165) is 24.3 Å². The van der Waals surface area contributed by atoms with Crippen molar-refractivity contribution in [2.24, 2.45) is 5.92 Å². The Morgan fingerprint density at radius 2 is 2.05 bits per heavy atom. The molecule has 1 N–H and O–H groups in total. The van der Waals surface area contributed by atoms with Gasteiger partial charge >= 0.3 is 5.97 Å². The second kappa shape index (κ2) is 5.14. The first-order valence-corrected chi connectivity index (χ1v) is 7.16. The topological polar surface area (TPSA) is 38.3 Å². The van der Waals surface area contributed by atoms with Gasteiger partial charge in [-0.05, 0) is 37.0 Å². The SMILES string of the molecule is COC(=O)C1[C@@H](c2ccc(Cl)cc2)CC2CC[C@H]1N2. The molecule has 2 bridgehead atoms. The van der Waals surface area contributed by atoms with Gasteiger partial charge in [-0.25, -0.2) is 0 Å². The van der Waals surface area contributed by atoms with E-state index in [1.54, 1.807) is 0 Å². The maximum atomic E-state index is 12.1. The first-order valence-electron chi connectivity index (χ1n) is 6.78. The van der Waals surface area contributed by atoms with Crippen molar-refractivity contribution < 1.29 is 9.53 Å². The number of nitrogens with one attached hydrogen (secondary N) is 1. The van der Waals surface area contributed by atoms with Gasteiger partial charge in [-0.3, -0.25) is 4.79 Å². The Kier molecular flexibility index (Phi) is 3.50. The molecule has 0 aromatic heterocycles. The Labute approximate surface area is 118 Å². The van der Waals surface area contributed by atoms with Crippen LogP contribution in [0.25, 0.3) is 0 Å². The van der Waals surface area contributed by atoms with Gasteiger partial charge in [0.1, 0.15) is 0 Å². The molecule has 0 saturated carbocycles. The van der Waals surface area contributed by atoms with E-state index in [9.17, 15) is 4.79 Å². The molecule has 2 heterocycles. The monoisotopic (exact) mass is 279 g/mol. The number of rotatable bonds is 2.